The van der Waals surface area contributed by atoms with Gasteiger partial charge in [-0.1, -0.05) is 13.3 Å². The van der Waals surface area contributed by atoms with E-state index in [1.165, 1.54) is 6.42 Å². The van der Waals surface area contributed by atoms with Crippen LogP contribution < -0.4 is 15.4 Å². The second-order valence-electron chi connectivity index (χ2n) is 5.43. The van der Waals surface area contributed by atoms with E-state index in [2.05, 4.69) is 34.6 Å². The van der Waals surface area contributed by atoms with E-state index in [-0.39, 0.29) is 24.0 Å². The monoisotopic (exact) mass is 457 g/mol. The van der Waals surface area contributed by atoms with Crippen LogP contribution in [-0.2, 0) is 6.54 Å². The van der Waals surface area contributed by atoms with Crippen LogP contribution in [0.4, 0.5) is 0 Å². The second kappa shape index (κ2) is 11.7. The summed E-state index contributed by atoms with van der Waals surface area (Å²) >= 11 is 0. The lowest BCUT2D eigenvalue weighted by Crippen LogP contribution is -2.37. The summed E-state index contributed by atoms with van der Waals surface area (Å²) < 4.78 is 7.03. The zero-order chi connectivity index (χ0) is 17.2. The molecule has 0 amide bonds. The first-order chi connectivity index (χ1) is 11.8. The Morgan fingerprint density at radius 1 is 1.16 bits per heavy atom. The third-order valence-electron chi connectivity index (χ3n) is 3.55. The fourth-order valence-electron chi connectivity index (χ4n) is 2.21. The molecule has 2 N–H and O–H groups in total. The van der Waals surface area contributed by atoms with Crippen LogP contribution in [-0.4, -0.2) is 35.9 Å². The molecule has 2 rings (SSSR count). The highest BCUT2D eigenvalue weighted by atomic mass is 127. The summed E-state index contributed by atoms with van der Waals surface area (Å²) in [5.74, 6) is 1.68. The molecule has 0 bridgehead atoms. The van der Waals surface area contributed by atoms with Gasteiger partial charge in [0.1, 0.15) is 5.75 Å². The van der Waals surface area contributed by atoms with Crippen LogP contribution in [0.3, 0.4) is 0 Å². The SMILES string of the molecule is CCCCNC(=NCc1ccn(-c2ccc(OC)cc2)n1)NCC.I. The number of benzene rings is 1. The molecule has 0 radical (unpaired) electrons. The van der Waals surface area contributed by atoms with E-state index in [0.29, 0.717) is 6.54 Å². The normalized spacial score (nSPS) is 10.9. The number of unbranched alkanes of at least 4 members (excludes halogenated alkanes) is 1. The maximum atomic E-state index is 5.18. The van der Waals surface area contributed by atoms with Crippen LogP contribution in [0.1, 0.15) is 32.4 Å². The minimum Gasteiger partial charge on any atom is -0.497 e. The summed E-state index contributed by atoms with van der Waals surface area (Å²) in [5.41, 5.74) is 1.93. The summed E-state index contributed by atoms with van der Waals surface area (Å²) in [7, 11) is 1.66. The van der Waals surface area contributed by atoms with Crippen LogP contribution in [0.15, 0.2) is 41.5 Å². The van der Waals surface area contributed by atoms with E-state index >= 15 is 0 Å². The van der Waals surface area contributed by atoms with E-state index in [9.17, 15) is 0 Å². The van der Waals surface area contributed by atoms with Gasteiger partial charge in [-0.3, -0.25) is 0 Å². The number of hydrogen-bond acceptors (Lipinski definition) is 3. The predicted octanol–water partition coefficient (Wildman–Crippen LogP) is 3.35. The van der Waals surface area contributed by atoms with Gasteiger partial charge in [-0.05, 0) is 43.7 Å². The molecule has 0 aliphatic carbocycles. The third-order valence-corrected chi connectivity index (χ3v) is 3.55. The van der Waals surface area contributed by atoms with Gasteiger partial charge in [0.15, 0.2) is 5.96 Å². The van der Waals surface area contributed by atoms with Gasteiger partial charge in [-0.2, -0.15) is 5.10 Å². The van der Waals surface area contributed by atoms with Crippen LogP contribution in [0.25, 0.3) is 5.69 Å². The first-order valence-corrected chi connectivity index (χ1v) is 8.48. The standard InChI is InChI=1S/C18H27N5O.HI/c1-4-6-12-20-18(19-5-2)21-14-15-11-13-23(22-15)16-7-9-17(24-3)10-8-16;/h7-11,13H,4-6,12,14H2,1-3H3,(H2,19,20,21);1H. The largest absolute Gasteiger partial charge is 0.497 e. The van der Waals surface area contributed by atoms with Crippen molar-refractivity contribution in [1.29, 1.82) is 0 Å². The fourth-order valence-corrected chi connectivity index (χ4v) is 2.21. The molecule has 138 valence electrons. The number of nitrogens with one attached hydrogen (secondary N) is 2. The molecule has 0 unspecified atom stereocenters. The molecular weight excluding hydrogens is 429 g/mol. The molecule has 1 aromatic heterocycles. The molecule has 6 nitrogen and oxygen atoms in total. The number of methoxy groups -OCH3 is 1. The predicted molar refractivity (Wildman–Crippen MR) is 113 cm³/mol. The van der Waals surface area contributed by atoms with Crippen LogP contribution in [0.2, 0.25) is 0 Å². The number of aliphatic imine (C=N–C) groups is 1. The summed E-state index contributed by atoms with van der Waals surface area (Å²) in [6.07, 6.45) is 4.25. The van der Waals surface area contributed by atoms with Gasteiger partial charge in [-0.25, -0.2) is 9.67 Å². The molecule has 0 spiro atoms. The van der Waals surface area contributed by atoms with Gasteiger partial charge in [0, 0.05) is 19.3 Å². The molecule has 0 fully saturated rings. The van der Waals surface area contributed by atoms with Crippen LogP contribution in [0, 0.1) is 0 Å². The molecule has 1 heterocycles. The maximum Gasteiger partial charge on any atom is 0.191 e. The number of rotatable bonds is 8. The lowest BCUT2D eigenvalue weighted by atomic mass is 10.3. The Morgan fingerprint density at radius 3 is 2.56 bits per heavy atom. The molecule has 2 aromatic rings. The molecule has 1 aromatic carbocycles. The van der Waals surface area contributed by atoms with Gasteiger partial charge in [0.05, 0.1) is 25.0 Å². The van der Waals surface area contributed by atoms with Crippen molar-refractivity contribution in [2.45, 2.75) is 33.2 Å². The van der Waals surface area contributed by atoms with Crippen molar-refractivity contribution >= 4 is 29.9 Å². The molecule has 0 aliphatic rings. The Labute approximate surface area is 167 Å². The van der Waals surface area contributed by atoms with E-state index in [4.69, 9.17) is 4.74 Å². The summed E-state index contributed by atoms with van der Waals surface area (Å²) in [5, 5.41) is 11.2. The van der Waals surface area contributed by atoms with Crippen molar-refractivity contribution in [3.05, 3.63) is 42.2 Å². The zero-order valence-corrected chi connectivity index (χ0v) is 17.5. The molecule has 0 saturated heterocycles. The highest BCUT2D eigenvalue weighted by molar-refractivity contribution is 14.0. The smallest absolute Gasteiger partial charge is 0.191 e. The number of halogens is 1. The lowest BCUT2D eigenvalue weighted by molar-refractivity contribution is 0.414. The zero-order valence-electron chi connectivity index (χ0n) is 15.2. The van der Waals surface area contributed by atoms with Crippen LogP contribution in [0.5, 0.6) is 5.75 Å². The topological polar surface area (TPSA) is 63.5 Å². The number of ether oxygens (including phenoxy) is 1. The molecule has 0 saturated carbocycles. The highest BCUT2D eigenvalue weighted by Crippen LogP contribution is 2.14. The van der Waals surface area contributed by atoms with E-state index in [1.807, 2.05) is 41.2 Å². The van der Waals surface area contributed by atoms with Gasteiger partial charge in [0.25, 0.3) is 0 Å². The molecule has 7 heteroatoms. The number of aromatic nitrogens is 2. The molecule has 0 atom stereocenters. The van der Waals surface area contributed by atoms with Crippen LogP contribution >= 0.6 is 24.0 Å². The molecule has 25 heavy (non-hydrogen) atoms. The Bertz CT molecular complexity index is 639. The minimum atomic E-state index is 0. The Morgan fingerprint density at radius 2 is 1.92 bits per heavy atom. The van der Waals surface area contributed by atoms with E-state index < -0.39 is 0 Å². The number of nitrogens with zero attached hydrogens (tertiary/aromatic N) is 3. The number of guanidine groups is 1. The Hall–Kier alpha value is -1.77. The van der Waals surface area contributed by atoms with Gasteiger partial charge in [0.2, 0.25) is 0 Å². The van der Waals surface area contributed by atoms with Crippen molar-refractivity contribution in [1.82, 2.24) is 20.4 Å². The van der Waals surface area contributed by atoms with E-state index in [1.54, 1.807) is 7.11 Å². The van der Waals surface area contributed by atoms with Crippen molar-refractivity contribution < 1.29 is 4.74 Å². The van der Waals surface area contributed by atoms with Gasteiger partial charge < -0.3 is 15.4 Å². The van der Waals surface area contributed by atoms with Crippen molar-refractivity contribution in [3.8, 4) is 11.4 Å². The first kappa shape index (κ1) is 21.3. The minimum absolute atomic E-state index is 0. The molecular formula is C18H28IN5O. The van der Waals surface area contributed by atoms with Gasteiger partial charge >= 0.3 is 0 Å². The van der Waals surface area contributed by atoms with E-state index in [0.717, 1.165) is 42.6 Å². The Kier molecular flexibility index (Phi) is 9.98. The fraction of sp³-hybridized carbons (Fsp3) is 0.444. The summed E-state index contributed by atoms with van der Waals surface area (Å²) in [6, 6.07) is 9.80. The average Bonchev–Trinajstić information content (AvgIpc) is 3.09. The second-order valence-corrected chi connectivity index (χ2v) is 5.43. The quantitative estimate of drug-likeness (QED) is 0.276. The van der Waals surface area contributed by atoms with Crippen molar-refractivity contribution in [3.63, 3.8) is 0 Å². The van der Waals surface area contributed by atoms with Gasteiger partial charge in [-0.15, -0.1) is 24.0 Å². The van der Waals surface area contributed by atoms with Crippen molar-refractivity contribution in [2.24, 2.45) is 4.99 Å². The first-order valence-electron chi connectivity index (χ1n) is 8.48. The highest BCUT2D eigenvalue weighted by Gasteiger charge is 2.02. The third kappa shape index (κ3) is 6.93. The van der Waals surface area contributed by atoms with Crippen molar-refractivity contribution in [2.75, 3.05) is 20.2 Å². The number of hydrogen-bond donors (Lipinski definition) is 2. The Balaban J connectivity index is 0.00000312. The summed E-state index contributed by atoms with van der Waals surface area (Å²) in [4.78, 5) is 4.59. The molecule has 0 aliphatic heterocycles. The maximum absolute atomic E-state index is 5.18. The summed E-state index contributed by atoms with van der Waals surface area (Å²) in [6.45, 7) is 6.57. The lowest BCUT2D eigenvalue weighted by Gasteiger charge is -2.10. The average molecular weight is 457 g/mol.